The molecule has 8 aliphatic carbocycles. The Hall–Kier alpha value is -0.410. The van der Waals surface area contributed by atoms with Gasteiger partial charge in [0, 0.05) is 12.8 Å². The van der Waals surface area contributed by atoms with Crippen molar-refractivity contribution in [1.82, 2.24) is 0 Å². The summed E-state index contributed by atoms with van der Waals surface area (Å²) in [5.74, 6) is 4.67. The quantitative estimate of drug-likeness (QED) is 0.814. The zero-order chi connectivity index (χ0) is 13.4. The highest BCUT2D eigenvalue weighted by atomic mass is 16.3. The fourth-order valence-corrected chi connectivity index (χ4v) is 7.74. The molecule has 8 fully saturated rings. The van der Waals surface area contributed by atoms with Crippen molar-refractivity contribution in [1.29, 1.82) is 0 Å². The van der Waals surface area contributed by atoms with Gasteiger partial charge in [0.15, 0.2) is 0 Å². The molecule has 10 atom stereocenters. The molecule has 3 nitrogen and oxygen atoms in total. The van der Waals surface area contributed by atoms with E-state index < -0.39 is 11.2 Å². The molecule has 20 heavy (non-hydrogen) atoms. The zero-order valence-corrected chi connectivity index (χ0v) is 11.7. The second-order valence-electron chi connectivity index (χ2n) is 8.92. The van der Waals surface area contributed by atoms with Gasteiger partial charge in [0.1, 0.15) is 5.78 Å². The molecule has 0 aromatic heterocycles. The normalized spacial score (nSPS) is 69.7. The molecule has 2 N–H and O–H groups in total. The van der Waals surface area contributed by atoms with Crippen LogP contribution in [0, 0.1) is 47.3 Å². The number of carbonyl (C=O) groups is 1. The minimum atomic E-state index is -0.687. The van der Waals surface area contributed by atoms with E-state index in [0.717, 1.165) is 49.4 Å². The van der Waals surface area contributed by atoms with Gasteiger partial charge in [-0.1, -0.05) is 0 Å². The van der Waals surface area contributed by atoms with E-state index in [2.05, 4.69) is 0 Å². The van der Waals surface area contributed by atoms with Crippen molar-refractivity contribution in [2.75, 3.05) is 0 Å². The lowest BCUT2D eigenvalue weighted by molar-refractivity contribution is -0.132. The molecule has 108 valence electrons. The van der Waals surface area contributed by atoms with Crippen LogP contribution in [-0.4, -0.2) is 27.2 Å². The van der Waals surface area contributed by atoms with Crippen molar-refractivity contribution < 1.29 is 15.0 Å². The molecular formula is C17H22O3. The number of ketones is 1. The monoisotopic (exact) mass is 274 g/mol. The van der Waals surface area contributed by atoms with Gasteiger partial charge in [-0.3, -0.25) is 4.79 Å². The summed E-state index contributed by atoms with van der Waals surface area (Å²) >= 11 is 0. The standard InChI is InChI=1S/C17H22O3/c18-9(5-16(19)7-1-10-11(2-7)14(10)16)6-17(20)8-3-12-13(4-8)15(12)17/h7-8,10-15,19-20H,1-6H2/t7?,8?,10-,11?,12-,13?,14?,15?,16+,17+/m0/s1. The molecular weight excluding hydrogens is 252 g/mol. The van der Waals surface area contributed by atoms with Crippen molar-refractivity contribution in [3.63, 3.8) is 0 Å². The largest absolute Gasteiger partial charge is 0.389 e. The summed E-state index contributed by atoms with van der Waals surface area (Å²) in [4.78, 5) is 12.5. The van der Waals surface area contributed by atoms with Gasteiger partial charge in [-0.2, -0.15) is 0 Å². The van der Waals surface area contributed by atoms with E-state index in [4.69, 9.17) is 0 Å². The van der Waals surface area contributed by atoms with Gasteiger partial charge in [-0.05, 0) is 73.0 Å². The molecule has 0 amide bonds. The molecule has 0 aromatic carbocycles. The van der Waals surface area contributed by atoms with Crippen molar-refractivity contribution in [3.8, 4) is 0 Å². The average Bonchev–Trinajstić information content (AvgIpc) is 2.83. The third-order valence-electron chi connectivity index (χ3n) is 8.42. The second-order valence-corrected chi connectivity index (χ2v) is 8.92. The maximum absolute atomic E-state index is 12.5. The first kappa shape index (κ1) is 11.2. The van der Waals surface area contributed by atoms with Crippen LogP contribution in [0.2, 0.25) is 0 Å². The third-order valence-corrected chi connectivity index (χ3v) is 8.42. The topological polar surface area (TPSA) is 57.5 Å². The van der Waals surface area contributed by atoms with Gasteiger partial charge in [0.25, 0.3) is 0 Å². The van der Waals surface area contributed by atoms with Crippen LogP contribution < -0.4 is 0 Å². The predicted octanol–water partition coefficient (Wildman–Crippen LogP) is 1.37. The minimum Gasteiger partial charge on any atom is -0.389 e. The van der Waals surface area contributed by atoms with Crippen molar-refractivity contribution in [2.45, 2.75) is 49.7 Å². The van der Waals surface area contributed by atoms with E-state index in [0.29, 0.717) is 36.5 Å². The van der Waals surface area contributed by atoms with Gasteiger partial charge in [0.2, 0.25) is 0 Å². The Morgan fingerprint density at radius 2 is 1.15 bits per heavy atom. The van der Waals surface area contributed by atoms with Crippen LogP contribution in [-0.2, 0) is 4.79 Å². The van der Waals surface area contributed by atoms with Crippen LogP contribution in [0.25, 0.3) is 0 Å². The number of Topliss-reactive ketones (excluding diaryl/α,β-unsaturated/α-hetero) is 1. The fraction of sp³-hybridized carbons (Fsp3) is 0.941. The molecule has 8 rings (SSSR count). The number of rotatable bonds is 4. The van der Waals surface area contributed by atoms with Gasteiger partial charge in [0.05, 0.1) is 11.2 Å². The first-order valence-corrected chi connectivity index (χ1v) is 8.49. The van der Waals surface area contributed by atoms with Crippen molar-refractivity contribution in [2.24, 2.45) is 47.3 Å². The zero-order valence-electron chi connectivity index (χ0n) is 11.7. The number of aliphatic hydroxyl groups is 2. The highest BCUT2D eigenvalue weighted by Crippen LogP contribution is 2.77. The van der Waals surface area contributed by atoms with Gasteiger partial charge >= 0.3 is 0 Å². The van der Waals surface area contributed by atoms with Gasteiger partial charge in [-0.25, -0.2) is 0 Å². The Morgan fingerprint density at radius 1 is 0.800 bits per heavy atom. The summed E-state index contributed by atoms with van der Waals surface area (Å²) in [7, 11) is 0. The SMILES string of the molecule is O=C(C[C@@]1(O)C2CC3C1[C@H]3C2)C[C@@]1(O)C2CC3C1[C@H]3C2. The maximum Gasteiger partial charge on any atom is 0.138 e. The Morgan fingerprint density at radius 3 is 1.40 bits per heavy atom. The van der Waals surface area contributed by atoms with E-state index in [1.54, 1.807) is 0 Å². The molecule has 0 saturated heterocycles. The summed E-state index contributed by atoms with van der Waals surface area (Å²) in [6, 6.07) is 0. The molecule has 8 bridgehead atoms. The lowest BCUT2D eigenvalue weighted by atomic mass is 9.81. The number of carbonyl (C=O) groups excluding carboxylic acids is 1. The Bertz CT molecular complexity index is 466. The molecule has 0 spiro atoms. The minimum absolute atomic E-state index is 0.131. The highest BCUT2D eigenvalue weighted by molar-refractivity contribution is 5.81. The lowest BCUT2D eigenvalue weighted by Gasteiger charge is -2.30. The smallest absolute Gasteiger partial charge is 0.138 e. The summed E-state index contributed by atoms with van der Waals surface area (Å²) in [5.41, 5.74) is -1.37. The summed E-state index contributed by atoms with van der Waals surface area (Å²) in [6.07, 6.45) is 5.26. The molecule has 3 heteroatoms. The number of hydrogen-bond donors (Lipinski definition) is 2. The fourth-order valence-electron chi connectivity index (χ4n) is 7.74. The van der Waals surface area contributed by atoms with Crippen LogP contribution in [0.5, 0.6) is 0 Å². The summed E-state index contributed by atoms with van der Waals surface area (Å²) in [6.45, 7) is 0. The van der Waals surface area contributed by atoms with Crippen LogP contribution >= 0.6 is 0 Å². The molecule has 8 aliphatic rings. The van der Waals surface area contributed by atoms with E-state index >= 15 is 0 Å². The van der Waals surface area contributed by atoms with E-state index in [1.165, 1.54) is 0 Å². The maximum atomic E-state index is 12.5. The third kappa shape index (κ3) is 1.000. The lowest BCUT2D eigenvalue weighted by Crippen LogP contribution is -2.40. The van der Waals surface area contributed by atoms with Crippen LogP contribution in [0.3, 0.4) is 0 Å². The Balaban J connectivity index is 1.21. The van der Waals surface area contributed by atoms with Crippen LogP contribution in [0.4, 0.5) is 0 Å². The highest BCUT2D eigenvalue weighted by Gasteiger charge is 2.77. The summed E-state index contributed by atoms with van der Waals surface area (Å²) < 4.78 is 0. The first-order valence-electron chi connectivity index (χ1n) is 8.49. The molecule has 0 radical (unpaired) electrons. The van der Waals surface area contributed by atoms with E-state index in [9.17, 15) is 15.0 Å². The molecule has 0 aliphatic heterocycles. The van der Waals surface area contributed by atoms with Crippen molar-refractivity contribution >= 4 is 5.78 Å². The molecule has 6 unspecified atom stereocenters. The number of hydrogen-bond acceptors (Lipinski definition) is 3. The van der Waals surface area contributed by atoms with E-state index in [-0.39, 0.29) is 5.78 Å². The Kier molecular flexibility index (Phi) is 1.62. The van der Waals surface area contributed by atoms with Gasteiger partial charge in [-0.15, -0.1) is 0 Å². The van der Waals surface area contributed by atoms with Crippen LogP contribution in [0.15, 0.2) is 0 Å². The molecule has 8 saturated carbocycles. The second kappa shape index (κ2) is 2.89. The summed E-state index contributed by atoms with van der Waals surface area (Å²) in [5, 5.41) is 21.8. The first-order chi connectivity index (χ1) is 9.52. The van der Waals surface area contributed by atoms with Crippen LogP contribution in [0.1, 0.15) is 38.5 Å². The molecule has 0 aromatic rings. The molecule has 0 heterocycles. The Labute approximate surface area is 118 Å². The predicted molar refractivity (Wildman–Crippen MR) is 70.5 cm³/mol. The van der Waals surface area contributed by atoms with E-state index in [1.807, 2.05) is 0 Å². The van der Waals surface area contributed by atoms with Crippen molar-refractivity contribution in [3.05, 3.63) is 0 Å². The van der Waals surface area contributed by atoms with Gasteiger partial charge < -0.3 is 10.2 Å². The average molecular weight is 274 g/mol.